The van der Waals surface area contributed by atoms with Crippen molar-refractivity contribution in [1.82, 2.24) is 4.98 Å². The second-order valence-corrected chi connectivity index (χ2v) is 6.74. The average Bonchev–Trinajstić information content (AvgIpc) is 3.05. The fourth-order valence-electron chi connectivity index (χ4n) is 3.71. The van der Waals surface area contributed by atoms with Crippen molar-refractivity contribution in [2.45, 2.75) is 20.8 Å². The van der Waals surface area contributed by atoms with E-state index in [1.165, 1.54) is 33.1 Å². The molecular weight excluding hydrogens is 328 g/mol. The summed E-state index contributed by atoms with van der Waals surface area (Å²) in [5.74, 6) is 0. The largest absolute Gasteiger partial charge is 0.355 e. The van der Waals surface area contributed by atoms with E-state index in [1.807, 2.05) is 0 Å². The van der Waals surface area contributed by atoms with Crippen molar-refractivity contribution < 1.29 is 0 Å². The number of allylic oxidation sites excluding steroid dienone is 3. The summed E-state index contributed by atoms with van der Waals surface area (Å²) in [5, 5.41) is 2.51. The number of nitrogens with zero attached hydrogens (tertiary/aromatic N) is 1. The predicted molar refractivity (Wildman–Crippen MR) is 118 cm³/mol. The summed E-state index contributed by atoms with van der Waals surface area (Å²) in [5.41, 5.74) is 7.11. The fraction of sp³-hybridized carbons (Fsp3) is 0.120. The highest BCUT2D eigenvalue weighted by atomic mass is 15.1. The van der Waals surface area contributed by atoms with Crippen molar-refractivity contribution >= 4 is 33.2 Å². The smallest absolute Gasteiger partial charge is 0.0498 e. The van der Waals surface area contributed by atoms with E-state index in [0.717, 1.165) is 11.4 Å². The predicted octanol–water partition coefficient (Wildman–Crippen LogP) is 7.25. The first-order valence-corrected chi connectivity index (χ1v) is 9.38. The number of H-pyrrole nitrogens is 1. The molecule has 0 radical (unpaired) electrons. The van der Waals surface area contributed by atoms with Gasteiger partial charge in [0.25, 0.3) is 0 Å². The Kier molecular flexibility index (Phi) is 4.55. The third kappa shape index (κ3) is 3.04. The molecule has 0 saturated carbocycles. The lowest BCUT2D eigenvalue weighted by Gasteiger charge is -2.28. The number of aromatic amines is 1. The summed E-state index contributed by atoms with van der Waals surface area (Å²) in [6, 6.07) is 23.6. The van der Waals surface area contributed by atoms with Gasteiger partial charge in [0, 0.05) is 38.9 Å². The van der Waals surface area contributed by atoms with E-state index in [2.05, 4.69) is 116 Å². The van der Waals surface area contributed by atoms with Gasteiger partial charge in [-0.3, -0.25) is 0 Å². The summed E-state index contributed by atoms with van der Waals surface area (Å²) in [4.78, 5) is 5.88. The molecule has 0 aliphatic rings. The molecule has 1 aromatic heterocycles. The topological polar surface area (TPSA) is 19.0 Å². The second kappa shape index (κ2) is 7.16. The minimum Gasteiger partial charge on any atom is -0.355 e. The van der Waals surface area contributed by atoms with Crippen LogP contribution in [0.2, 0.25) is 0 Å². The van der Waals surface area contributed by atoms with Crippen LogP contribution in [0.25, 0.3) is 21.8 Å². The lowest BCUT2D eigenvalue weighted by molar-refractivity contribution is 1.18. The standard InChI is InChI=1S/C25H24N2/c1-4-11-19(5-2)27(20-12-7-6-8-13-20)25-17-22-21-14-9-10-15-23(21)26-24(22)16-18(25)3/h4-17,26H,1-3H3/b11-4-,19-5+. The minimum absolute atomic E-state index is 1.16. The first-order chi connectivity index (χ1) is 13.2. The lowest BCUT2D eigenvalue weighted by atomic mass is 10.1. The van der Waals surface area contributed by atoms with E-state index >= 15 is 0 Å². The number of fused-ring (bicyclic) bond motifs is 3. The second-order valence-electron chi connectivity index (χ2n) is 6.74. The van der Waals surface area contributed by atoms with Gasteiger partial charge in [-0.2, -0.15) is 0 Å². The van der Waals surface area contributed by atoms with Crippen LogP contribution in [0.4, 0.5) is 11.4 Å². The number of anilines is 2. The van der Waals surface area contributed by atoms with Crippen LogP contribution in [-0.2, 0) is 0 Å². The molecule has 4 aromatic rings. The molecule has 0 spiro atoms. The zero-order valence-electron chi connectivity index (χ0n) is 16.0. The van der Waals surface area contributed by atoms with Crippen molar-refractivity contribution in [3.8, 4) is 0 Å². The number of nitrogens with one attached hydrogen (secondary N) is 1. The van der Waals surface area contributed by atoms with Gasteiger partial charge in [0.1, 0.15) is 0 Å². The molecule has 0 bridgehead atoms. The summed E-state index contributed by atoms with van der Waals surface area (Å²) in [6.45, 7) is 6.33. The summed E-state index contributed by atoms with van der Waals surface area (Å²) < 4.78 is 0. The van der Waals surface area contributed by atoms with Crippen LogP contribution in [0.1, 0.15) is 19.4 Å². The first kappa shape index (κ1) is 17.2. The first-order valence-electron chi connectivity index (χ1n) is 9.38. The molecule has 1 N–H and O–H groups in total. The molecule has 0 amide bonds. The minimum atomic E-state index is 1.16. The van der Waals surface area contributed by atoms with E-state index in [0.29, 0.717) is 0 Å². The molecule has 27 heavy (non-hydrogen) atoms. The highest BCUT2D eigenvalue weighted by molar-refractivity contribution is 6.09. The van der Waals surface area contributed by atoms with E-state index in [1.54, 1.807) is 0 Å². The maximum absolute atomic E-state index is 3.55. The Labute approximate surface area is 160 Å². The van der Waals surface area contributed by atoms with E-state index in [9.17, 15) is 0 Å². The molecular formula is C25H24N2. The van der Waals surface area contributed by atoms with E-state index in [4.69, 9.17) is 0 Å². The SMILES string of the molecule is C/C=C\C(=C/C)N(c1ccccc1)c1cc2c(cc1C)[nH]c1ccccc12. The van der Waals surface area contributed by atoms with Gasteiger partial charge in [-0.05, 0) is 62.7 Å². The molecule has 134 valence electrons. The summed E-state index contributed by atoms with van der Waals surface area (Å²) >= 11 is 0. The van der Waals surface area contributed by atoms with Crippen LogP contribution >= 0.6 is 0 Å². The summed E-state index contributed by atoms with van der Waals surface area (Å²) in [7, 11) is 0. The molecule has 0 aliphatic heterocycles. The van der Waals surface area contributed by atoms with Crippen LogP contribution in [0.5, 0.6) is 0 Å². The van der Waals surface area contributed by atoms with Crippen LogP contribution in [-0.4, -0.2) is 4.98 Å². The fourth-order valence-corrected chi connectivity index (χ4v) is 3.71. The Bertz CT molecular complexity index is 1150. The van der Waals surface area contributed by atoms with E-state index < -0.39 is 0 Å². The van der Waals surface area contributed by atoms with Gasteiger partial charge in [0.05, 0.1) is 0 Å². The van der Waals surface area contributed by atoms with Gasteiger partial charge in [0.15, 0.2) is 0 Å². The summed E-state index contributed by atoms with van der Waals surface area (Å²) in [6.07, 6.45) is 6.41. The monoisotopic (exact) mass is 352 g/mol. The van der Waals surface area contributed by atoms with Crippen molar-refractivity contribution in [1.29, 1.82) is 0 Å². The number of aryl methyl sites for hydroxylation is 1. The highest BCUT2D eigenvalue weighted by Crippen LogP contribution is 2.37. The molecule has 1 heterocycles. The number of aromatic nitrogens is 1. The van der Waals surface area contributed by atoms with Gasteiger partial charge < -0.3 is 9.88 Å². The van der Waals surface area contributed by atoms with Crippen LogP contribution < -0.4 is 4.90 Å². The van der Waals surface area contributed by atoms with Crippen LogP contribution in [0.15, 0.2) is 90.7 Å². The Hall–Kier alpha value is -3.26. The molecule has 4 rings (SSSR count). The number of benzene rings is 3. The number of rotatable bonds is 4. The van der Waals surface area contributed by atoms with Gasteiger partial charge in [-0.15, -0.1) is 0 Å². The Morgan fingerprint density at radius 1 is 0.852 bits per heavy atom. The zero-order valence-corrected chi connectivity index (χ0v) is 16.0. The molecule has 0 aliphatic carbocycles. The van der Waals surface area contributed by atoms with Crippen molar-refractivity contribution in [2.24, 2.45) is 0 Å². The third-order valence-corrected chi connectivity index (χ3v) is 4.97. The molecule has 2 nitrogen and oxygen atoms in total. The number of hydrogen-bond acceptors (Lipinski definition) is 1. The molecule has 0 atom stereocenters. The molecule has 0 fully saturated rings. The lowest BCUT2D eigenvalue weighted by Crippen LogP contribution is -2.16. The maximum Gasteiger partial charge on any atom is 0.0498 e. The van der Waals surface area contributed by atoms with Gasteiger partial charge in [0.2, 0.25) is 0 Å². The quantitative estimate of drug-likeness (QED) is 0.383. The number of hydrogen-bond donors (Lipinski definition) is 1. The molecule has 0 unspecified atom stereocenters. The number of para-hydroxylation sites is 2. The Balaban J connectivity index is 2.00. The molecule has 3 aromatic carbocycles. The van der Waals surface area contributed by atoms with Crippen LogP contribution in [0, 0.1) is 6.92 Å². The van der Waals surface area contributed by atoms with Crippen molar-refractivity contribution in [3.05, 3.63) is 96.2 Å². The maximum atomic E-state index is 3.55. The van der Waals surface area contributed by atoms with Gasteiger partial charge in [-0.1, -0.05) is 48.6 Å². The van der Waals surface area contributed by atoms with E-state index in [-0.39, 0.29) is 0 Å². The molecule has 0 saturated heterocycles. The normalized spacial score (nSPS) is 12.3. The highest BCUT2D eigenvalue weighted by Gasteiger charge is 2.16. The zero-order chi connectivity index (χ0) is 18.8. The Morgan fingerprint density at radius 3 is 2.33 bits per heavy atom. The van der Waals surface area contributed by atoms with Crippen molar-refractivity contribution in [3.63, 3.8) is 0 Å². The average molecular weight is 352 g/mol. The van der Waals surface area contributed by atoms with Crippen molar-refractivity contribution in [2.75, 3.05) is 4.90 Å². The van der Waals surface area contributed by atoms with Crippen LogP contribution in [0.3, 0.4) is 0 Å². The molecule has 2 heteroatoms. The Morgan fingerprint density at radius 2 is 1.59 bits per heavy atom. The van der Waals surface area contributed by atoms with Gasteiger partial charge in [-0.25, -0.2) is 0 Å². The van der Waals surface area contributed by atoms with Gasteiger partial charge >= 0.3 is 0 Å². The third-order valence-electron chi connectivity index (χ3n) is 4.97.